The number of hydrogen-bond acceptors (Lipinski definition) is 2. The van der Waals surface area contributed by atoms with E-state index in [1.54, 1.807) is 0 Å². The summed E-state index contributed by atoms with van der Waals surface area (Å²) >= 11 is 8.71. The lowest BCUT2D eigenvalue weighted by molar-refractivity contribution is 0.336. The highest BCUT2D eigenvalue weighted by atomic mass is 79.9. The first-order chi connectivity index (χ1) is 10.2. The van der Waals surface area contributed by atoms with Gasteiger partial charge in [0.15, 0.2) is 5.11 Å². The molecule has 3 nitrogen and oxygen atoms in total. The minimum Gasteiger partial charge on any atom is -0.494 e. The van der Waals surface area contributed by atoms with Gasteiger partial charge >= 0.3 is 0 Å². The van der Waals surface area contributed by atoms with Crippen molar-refractivity contribution in [2.75, 3.05) is 11.9 Å². The lowest BCUT2D eigenvalue weighted by atomic mass is 10.2. The molecule has 0 saturated heterocycles. The first-order valence-corrected chi connectivity index (χ1v) is 7.90. The number of benzene rings is 2. The molecule has 0 atom stereocenters. The second-order valence-electron chi connectivity index (χ2n) is 4.36. The fraction of sp³-hybridized carbons (Fsp3) is 0.188. The number of halogens is 1. The Kier molecular flexibility index (Phi) is 6.02. The highest BCUT2D eigenvalue weighted by Crippen LogP contribution is 2.18. The van der Waals surface area contributed by atoms with Crippen LogP contribution >= 0.6 is 28.1 Å². The highest BCUT2D eigenvalue weighted by Gasteiger charge is 2.03. The molecule has 0 unspecified atom stereocenters. The molecule has 0 radical (unpaired) electrons. The molecule has 0 fully saturated rings. The number of anilines is 1. The molecular formula is C16H17BrN2OS. The lowest BCUT2D eigenvalue weighted by Gasteiger charge is -2.13. The molecule has 2 aromatic carbocycles. The van der Waals surface area contributed by atoms with Gasteiger partial charge in [-0.2, -0.15) is 0 Å². The summed E-state index contributed by atoms with van der Waals surface area (Å²) in [6.07, 6.45) is 0. The molecule has 2 aromatic rings. The molecule has 0 amide bonds. The Morgan fingerprint density at radius 3 is 2.57 bits per heavy atom. The van der Waals surface area contributed by atoms with E-state index in [1.807, 2.05) is 55.5 Å². The number of para-hydroxylation sites is 1. The Hall–Kier alpha value is -1.59. The molecule has 2 rings (SSSR count). The SMILES string of the molecule is CCOc1ccccc1CNC(=S)Nc1ccc(Br)cc1. The number of ether oxygens (including phenoxy) is 1. The molecule has 0 spiro atoms. The first-order valence-electron chi connectivity index (χ1n) is 6.70. The maximum absolute atomic E-state index is 5.59. The van der Waals surface area contributed by atoms with Crippen molar-refractivity contribution in [3.8, 4) is 5.75 Å². The van der Waals surface area contributed by atoms with E-state index < -0.39 is 0 Å². The third-order valence-corrected chi connectivity index (χ3v) is 3.59. The van der Waals surface area contributed by atoms with Crippen LogP contribution in [0.1, 0.15) is 12.5 Å². The summed E-state index contributed by atoms with van der Waals surface area (Å²) in [5.41, 5.74) is 2.04. The van der Waals surface area contributed by atoms with Gasteiger partial charge in [0.2, 0.25) is 0 Å². The van der Waals surface area contributed by atoms with Gasteiger partial charge in [0.1, 0.15) is 5.75 Å². The third-order valence-electron chi connectivity index (χ3n) is 2.81. The van der Waals surface area contributed by atoms with Gasteiger partial charge < -0.3 is 15.4 Å². The summed E-state index contributed by atoms with van der Waals surface area (Å²) in [6, 6.07) is 15.8. The predicted octanol–water partition coefficient (Wildman–Crippen LogP) is 4.33. The van der Waals surface area contributed by atoms with E-state index in [0.29, 0.717) is 18.3 Å². The van der Waals surface area contributed by atoms with Crippen molar-refractivity contribution in [1.82, 2.24) is 5.32 Å². The van der Waals surface area contributed by atoms with Gasteiger partial charge in [0.05, 0.1) is 6.61 Å². The fourth-order valence-corrected chi connectivity index (χ4v) is 2.28. The van der Waals surface area contributed by atoms with Crippen LogP contribution in [-0.2, 0) is 6.54 Å². The van der Waals surface area contributed by atoms with Crippen LogP contribution in [0.3, 0.4) is 0 Å². The van der Waals surface area contributed by atoms with Gasteiger partial charge in [0.25, 0.3) is 0 Å². The standard InChI is InChI=1S/C16H17BrN2OS/c1-2-20-15-6-4-3-5-12(15)11-18-16(21)19-14-9-7-13(17)8-10-14/h3-10H,2,11H2,1H3,(H2,18,19,21). The van der Waals surface area contributed by atoms with Crippen LogP contribution in [0.25, 0.3) is 0 Å². The summed E-state index contributed by atoms with van der Waals surface area (Å²) in [4.78, 5) is 0. The normalized spacial score (nSPS) is 10.0. The van der Waals surface area contributed by atoms with E-state index in [-0.39, 0.29) is 0 Å². The Bertz CT molecular complexity index is 601. The summed E-state index contributed by atoms with van der Waals surface area (Å²) in [6.45, 7) is 3.25. The van der Waals surface area contributed by atoms with Crippen LogP contribution in [0.15, 0.2) is 53.0 Å². The fourth-order valence-electron chi connectivity index (χ4n) is 1.83. The van der Waals surface area contributed by atoms with Gasteiger partial charge in [-0.1, -0.05) is 34.1 Å². The van der Waals surface area contributed by atoms with Crippen molar-refractivity contribution in [3.63, 3.8) is 0 Å². The summed E-state index contributed by atoms with van der Waals surface area (Å²) < 4.78 is 6.63. The minimum atomic E-state index is 0.587. The van der Waals surface area contributed by atoms with Crippen molar-refractivity contribution < 1.29 is 4.74 Å². The molecule has 0 aromatic heterocycles. The molecule has 0 heterocycles. The summed E-state index contributed by atoms with van der Waals surface area (Å²) in [5, 5.41) is 6.93. The molecular weight excluding hydrogens is 348 g/mol. The number of hydrogen-bond donors (Lipinski definition) is 2. The van der Waals surface area contributed by atoms with Crippen molar-refractivity contribution >= 4 is 38.9 Å². The molecule has 2 N–H and O–H groups in total. The van der Waals surface area contributed by atoms with Crippen molar-refractivity contribution in [2.24, 2.45) is 0 Å². The Labute approximate surface area is 138 Å². The molecule has 0 aliphatic heterocycles. The van der Waals surface area contributed by atoms with Crippen molar-refractivity contribution in [1.29, 1.82) is 0 Å². The van der Waals surface area contributed by atoms with Crippen LogP contribution in [0, 0.1) is 0 Å². The van der Waals surface area contributed by atoms with Gasteiger partial charge in [-0.3, -0.25) is 0 Å². The predicted molar refractivity (Wildman–Crippen MR) is 94.8 cm³/mol. The van der Waals surface area contributed by atoms with Gasteiger partial charge in [-0.25, -0.2) is 0 Å². The zero-order chi connectivity index (χ0) is 15.1. The molecule has 0 aliphatic carbocycles. The van der Waals surface area contributed by atoms with Gasteiger partial charge in [0, 0.05) is 22.3 Å². The maximum atomic E-state index is 5.59. The number of nitrogens with one attached hydrogen (secondary N) is 2. The average molecular weight is 365 g/mol. The summed E-state index contributed by atoms with van der Waals surface area (Å²) in [5.74, 6) is 0.888. The zero-order valence-corrected chi connectivity index (χ0v) is 14.1. The van der Waals surface area contributed by atoms with Crippen LogP contribution < -0.4 is 15.4 Å². The van der Waals surface area contributed by atoms with Crippen LogP contribution in [-0.4, -0.2) is 11.7 Å². The monoisotopic (exact) mass is 364 g/mol. The molecule has 110 valence electrons. The third kappa shape index (κ3) is 5.02. The maximum Gasteiger partial charge on any atom is 0.171 e. The Morgan fingerprint density at radius 2 is 1.86 bits per heavy atom. The van der Waals surface area contributed by atoms with Crippen LogP contribution in [0.5, 0.6) is 5.75 Å². The second-order valence-corrected chi connectivity index (χ2v) is 5.68. The van der Waals surface area contributed by atoms with E-state index in [0.717, 1.165) is 21.5 Å². The van der Waals surface area contributed by atoms with E-state index in [2.05, 4.69) is 26.6 Å². The van der Waals surface area contributed by atoms with Crippen molar-refractivity contribution in [2.45, 2.75) is 13.5 Å². The number of thiocarbonyl (C=S) groups is 1. The largest absolute Gasteiger partial charge is 0.494 e. The Morgan fingerprint density at radius 1 is 1.14 bits per heavy atom. The topological polar surface area (TPSA) is 33.3 Å². The quantitative estimate of drug-likeness (QED) is 0.773. The van der Waals surface area contributed by atoms with Gasteiger partial charge in [-0.15, -0.1) is 0 Å². The van der Waals surface area contributed by atoms with E-state index >= 15 is 0 Å². The second kappa shape index (κ2) is 8.00. The molecule has 0 bridgehead atoms. The lowest BCUT2D eigenvalue weighted by Crippen LogP contribution is -2.28. The van der Waals surface area contributed by atoms with Crippen LogP contribution in [0.4, 0.5) is 5.69 Å². The van der Waals surface area contributed by atoms with E-state index in [1.165, 1.54) is 0 Å². The molecule has 0 aliphatic rings. The molecule has 5 heteroatoms. The average Bonchev–Trinajstić information content (AvgIpc) is 2.49. The number of rotatable bonds is 5. The van der Waals surface area contributed by atoms with E-state index in [9.17, 15) is 0 Å². The molecule has 21 heavy (non-hydrogen) atoms. The molecule has 0 saturated carbocycles. The van der Waals surface area contributed by atoms with Crippen molar-refractivity contribution in [3.05, 3.63) is 58.6 Å². The highest BCUT2D eigenvalue weighted by molar-refractivity contribution is 9.10. The minimum absolute atomic E-state index is 0.587. The zero-order valence-electron chi connectivity index (χ0n) is 11.7. The van der Waals surface area contributed by atoms with E-state index in [4.69, 9.17) is 17.0 Å². The van der Waals surface area contributed by atoms with Crippen LogP contribution in [0.2, 0.25) is 0 Å². The Balaban J connectivity index is 1.90. The van der Waals surface area contributed by atoms with Gasteiger partial charge in [-0.05, 0) is 49.5 Å². The smallest absolute Gasteiger partial charge is 0.171 e. The summed E-state index contributed by atoms with van der Waals surface area (Å²) in [7, 11) is 0. The first kappa shape index (κ1) is 15.8.